The third-order valence-electron chi connectivity index (χ3n) is 6.17. The van der Waals surface area contributed by atoms with Gasteiger partial charge in [0.15, 0.2) is 11.5 Å². The molecule has 1 aromatic heterocycles. The maximum absolute atomic E-state index is 13.4. The molecule has 0 spiro atoms. The summed E-state index contributed by atoms with van der Waals surface area (Å²) >= 11 is 3.54. The van der Waals surface area contributed by atoms with Crippen LogP contribution in [0.15, 0.2) is 22.7 Å². The van der Waals surface area contributed by atoms with Gasteiger partial charge in [0, 0.05) is 19.1 Å². The van der Waals surface area contributed by atoms with Gasteiger partial charge in [0.25, 0.3) is 5.91 Å². The van der Waals surface area contributed by atoms with Gasteiger partial charge in [0.05, 0.1) is 24.7 Å². The van der Waals surface area contributed by atoms with Crippen molar-refractivity contribution in [3.63, 3.8) is 0 Å². The van der Waals surface area contributed by atoms with E-state index in [0.29, 0.717) is 36.6 Å². The van der Waals surface area contributed by atoms with Crippen LogP contribution in [-0.4, -0.2) is 69.8 Å². The van der Waals surface area contributed by atoms with E-state index < -0.39 is 6.35 Å². The zero-order valence-electron chi connectivity index (χ0n) is 18.4. The molecule has 1 aliphatic heterocycles. The van der Waals surface area contributed by atoms with E-state index in [9.17, 15) is 15.0 Å². The molecule has 0 saturated heterocycles. The molecular weight excluding hydrogens is 478 g/mol. The Morgan fingerprint density at radius 2 is 2.03 bits per heavy atom. The molecule has 32 heavy (non-hydrogen) atoms. The van der Waals surface area contributed by atoms with Crippen molar-refractivity contribution in [2.24, 2.45) is 0 Å². The highest BCUT2D eigenvalue weighted by atomic mass is 79.9. The fourth-order valence-corrected chi connectivity index (χ4v) is 5.10. The number of aliphatic hydroxyl groups excluding tert-OH is 2. The third kappa shape index (κ3) is 4.18. The molecule has 10 heteroatoms. The van der Waals surface area contributed by atoms with Crippen molar-refractivity contribution in [2.75, 3.05) is 37.0 Å². The van der Waals surface area contributed by atoms with Crippen LogP contribution in [0.3, 0.4) is 0 Å². The number of amides is 1. The summed E-state index contributed by atoms with van der Waals surface area (Å²) in [6.07, 6.45) is 3.29. The predicted octanol–water partition coefficient (Wildman–Crippen LogP) is 2.61. The van der Waals surface area contributed by atoms with Crippen molar-refractivity contribution in [1.29, 1.82) is 0 Å². The number of hydrogen-bond donors (Lipinski definition) is 3. The lowest BCUT2D eigenvalue weighted by Gasteiger charge is -2.39. The molecule has 174 valence electrons. The summed E-state index contributed by atoms with van der Waals surface area (Å²) in [5.41, 5.74) is 1.39. The molecule has 2 aromatic rings. The van der Waals surface area contributed by atoms with Gasteiger partial charge in [-0.05, 0) is 53.4 Å². The number of carbonyl (C=O) groups excluding carboxylic acids is 1. The average Bonchev–Trinajstić information content (AvgIpc) is 3.40. The van der Waals surface area contributed by atoms with Crippen LogP contribution in [0.25, 0.3) is 0 Å². The van der Waals surface area contributed by atoms with Crippen molar-refractivity contribution < 1.29 is 19.7 Å². The molecule has 4 rings (SSSR count). The Labute approximate surface area is 196 Å². The number of fused-ring (bicyclic) bond motifs is 1. The molecular formula is C22H30BrN5O4. The van der Waals surface area contributed by atoms with Crippen LogP contribution in [0.2, 0.25) is 0 Å². The second kappa shape index (κ2) is 9.68. The first kappa shape index (κ1) is 22.9. The van der Waals surface area contributed by atoms with Gasteiger partial charge in [0.2, 0.25) is 12.3 Å². The van der Waals surface area contributed by atoms with Gasteiger partial charge in [0.1, 0.15) is 5.75 Å². The van der Waals surface area contributed by atoms with Crippen molar-refractivity contribution in [2.45, 2.75) is 51.5 Å². The minimum absolute atomic E-state index is 0.161. The van der Waals surface area contributed by atoms with Crippen LogP contribution < -0.4 is 15.0 Å². The van der Waals surface area contributed by atoms with E-state index in [1.807, 2.05) is 29.7 Å². The Morgan fingerprint density at radius 3 is 2.66 bits per heavy atom. The summed E-state index contributed by atoms with van der Waals surface area (Å²) < 4.78 is 8.06. The summed E-state index contributed by atoms with van der Waals surface area (Å²) in [5, 5.41) is 23.9. The molecule has 3 N–H and O–H groups in total. The first-order valence-corrected chi connectivity index (χ1v) is 11.8. The lowest BCUT2D eigenvalue weighted by molar-refractivity contribution is 0.00131. The number of nitrogens with one attached hydrogen (secondary N) is 1. The number of aliphatic hydroxyl groups is 2. The van der Waals surface area contributed by atoms with Crippen LogP contribution in [0.5, 0.6) is 5.75 Å². The zero-order chi connectivity index (χ0) is 22.8. The minimum Gasteiger partial charge on any atom is -0.496 e. The molecule has 1 saturated carbocycles. The molecule has 1 aliphatic carbocycles. The highest BCUT2D eigenvalue weighted by molar-refractivity contribution is 9.10. The first-order valence-electron chi connectivity index (χ1n) is 11.0. The SMILES string of the molecule is CCN1C(=O)c2c(nc(NC3CCCC3)n2Cc2ccc(OC)c(Br)c2)N(CCO)C1O. The second-order valence-corrected chi connectivity index (χ2v) is 9.00. The number of anilines is 2. The Hall–Kier alpha value is -2.30. The Balaban J connectivity index is 1.80. The number of imidazole rings is 1. The lowest BCUT2D eigenvalue weighted by atomic mass is 10.2. The number of ether oxygens (including phenoxy) is 1. The number of benzene rings is 1. The van der Waals surface area contributed by atoms with Crippen LogP contribution >= 0.6 is 15.9 Å². The number of nitrogens with zero attached hydrogens (tertiary/aromatic N) is 4. The van der Waals surface area contributed by atoms with Gasteiger partial charge in [-0.25, -0.2) is 0 Å². The highest BCUT2D eigenvalue weighted by Crippen LogP contribution is 2.35. The zero-order valence-corrected chi connectivity index (χ0v) is 20.0. The summed E-state index contributed by atoms with van der Waals surface area (Å²) in [4.78, 5) is 21.1. The molecule has 1 unspecified atom stereocenters. The van der Waals surface area contributed by atoms with Crippen LogP contribution in [0.4, 0.5) is 11.8 Å². The molecule has 0 bridgehead atoms. The molecule has 1 amide bonds. The van der Waals surface area contributed by atoms with Gasteiger partial charge >= 0.3 is 0 Å². The maximum Gasteiger partial charge on any atom is 0.277 e. The molecule has 1 aromatic carbocycles. The molecule has 0 radical (unpaired) electrons. The lowest BCUT2D eigenvalue weighted by Crippen LogP contribution is -2.56. The quantitative estimate of drug-likeness (QED) is 0.504. The summed E-state index contributed by atoms with van der Waals surface area (Å²) in [7, 11) is 1.62. The van der Waals surface area contributed by atoms with Crippen LogP contribution in [0, 0.1) is 0 Å². The third-order valence-corrected chi connectivity index (χ3v) is 6.79. The number of methoxy groups -OCH3 is 1. The molecule has 9 nitrogen and oxygen atoms in total. The average molecular weight is 508 g/mol. The standard InChI is InChI=1S/C22H30BrN5O4/c1-3-26-20(30)18-19(27(10-11-29)22(26)31)25-21(24-15-6-4-5-7-15)28(18)13-14-8-9-17(32-2)16(23)12-14/h8-9,12,15,22,29,31H,3-7,10-11,13H2,1-2H3,(H,24,25). The molecule has 1 fully saturated rings. The van der Waals surface area contributed by atoms with E-state index in [1.165, 1.54) is 17.7 Å². The Kier molecular flexibility index (Phi) is 6.92. The Bertz CT molecular complexity index is 975. The Morgan fingerprint density at radius 1 is 1.28 bits per heavy atom. The van der Waals surface area contributed by atoms with Crippen molar-refractivity contribution >= 4 is 33.6 Å². The maximum atomic E-state index is 13.4. The van der Waals surface area contributed by atoms with Gasteiger partial charge < -0.3 is 25.2 Å². The molecule has 2 aliphatic rings. The fourth-order valence-electron chi connectivity index (χ4n) is 4.51. The first-order chi connectivity index (χ1) is 15.5. The summed E-state index contributed by atoms with van der Waals surface area (Å²) in [6.45, 7) is 2.60. The van der Waals surface area contributed by atoms with E-state index in [1.54, 1.807) is 12.0 Å². The van der Waals surface area contributed by atoms with Crippen molar-refractivity contribution in [1.82, 2.24) is 14.5 Å². The summed E-state index contributed by atoms with van der Waals surface area (Å²) in [5.74, 6) is 1.46. The monoisotopic (exact) mass is 507 g/mol. The highest BCUT2D eigenvalue weighted by Gasteiger charge is 2.40. The molecule has 1 atom stereocenters. The normalized spacial score (nSPS) is 18.9. The topological polar surface area (TPSA) is 103 Å². The van der Waals surface area contributed by atoms with E-state index in [4.69, 9.17) is 9.72 Å². The smallest absolute Gasteiger partial charge is 0.277 e. The van der Waals surface area contributed by atoms with Crippen LogP contribution in [-0.2, 0) is 6.54 Å². The number of β-amino-alcohol motifs (C(OH)–C–C–N with tert-alkyl or cyclic N) is 1. The van der Waals surface area contributed by atoms with Crippen molar-refractivity contribution in [3.8, 4) is 5.75 Å². The number of carbonyl (C=O) groups is 1. The van der Waals surface area contributed by atoms with Gasteiger partial charge in [-0.2, -0.15) is 4.98 Å². The van der Waals surface area contributed by atoms with E-state index >= 15 is 0 Å². The number of aromatic nitrogens is 2. The van der Waals surface area contributed by atoms with Crippen molar-refractivity contribution in [3.05, 3.63) is 33.9 Å². The van der Waals surface area contributed by atoms with E-state index in [2.05, 4.69) is 21.2 Å². The number of rotatable bonds is 8. The largest absolute Gasteiger partial charge is 0.496 e. The predicted molar refractivity (Wildman–Crippen MR) is 125 cm³/mol. The summed E-state index contributed by atoms with van der Waals surface area (Å²) in [6, 6.07) is 6.11. The number of hydrogen-bond acceptors (Lipinski definition) is 7. The van der Waals surface area contributed by atoms with E-state index in [-0.39, 0.29) is 19.1 Å². The fraction of sp³-hybridized carbons (Fsp3) is 0.545. The minimum atomic E-state index is -1.16. The van der Waals surface area contributed by atoms with E-state index in [0.717, 1.165) is 28.6 Å². The van der Waals surface area contributed by atoms with Gasteiger partial charge in [-0.1, -0.05) is 18.9 Å². The van der Waals surface area contributed by atoms with Crippen LogP contribution in [0.1, 0.15) is 48.7 Å². The molecule has 2 heterocycles. The van der Waals surface area contributed by atoms with Gasteiger partial charge in [-0.3, -0.25) is 14.3 Å². The second-order valence-electron chi connectivity index (χ2n) is 8.14. The van der Waals surface area contributed by atoms with Gasteiger partial charge in [-0.15, -0.1) is 0 Å². The number of halogens is 1.